The molecule has 0 aliphatic carbocycles. The molecule has 78 valence electrons. The van der Waals surface area contributed by atoms with E-state index in [0.717, 1.165) is 24.8 Å². The Balaban J connectivity index is 0.000000980. The lowest BCUT2D eigenvalue weighted by Crippen LogP contribution is -2.34. The first-order valence-corrected chi connectivity index (χ1v) is 4.80. The van der Waals surface area contributed by atoms with Crippen LogP contribution in [0, 0.1) is 0 Å². The summed E-state index contributed by atoms with van der Waals surface area (Å²) in [6, 6.07) is 8.20. The van der Waals surface area contributed by atoms with E-state index in [4.69, 9.17) is 16.3 Å². The minimum Gasteiger partial charge on any atom is -0.378 e. The zero-order valence-corrected chi connectivity index (χ0v) is 9.27. The second-order valence-corrected chi connectivity index (χ2v) is 3.57. The predicted octanol–water partition coefficient (Wildman–Crippen LogP) is 2.42. The first kappa shape index (κ1) is 11.8. The summed E-state index contributed by atoms with van der Waals surface area (Å²) >= 11 is 5.90. The average molecular weight is 234 g/mol. The third-order valence-electron chi connectivity index (χ3n) is 2.17. The summed E-state index contributed by atoms with van der Waals surface area (Å²) in [5.41, 5.74) is 1.20. The van der Waals surface area contributed by atoms with Gasteiger partial charge in [-0.1, -0.05) is 23.7 Å². The molecule has 1 atom stereocenters. The van der Waals surface area contributed by atoms with Crippen molar-refractivity contribution in [1.82, 2.24) is 5.32 Å². The molecule has 2 rings (SSSR count). The monoisotopic (exact) mass is 233 g/mol. The molecule has 1 aliphatic heterocycles. The molecule has 4 heteroatoms. The molecular weight excluding hydrogens is 221 g/mol. The van der Waals surface area contributed by atoms with Crippen molar-refractivity contribution in [1.29, 1.82) is 0 Å². The quantitative estimate of drug-likeness (QED) is 0.805. The van der Waals surface area contributed by atoms with Crippen molar-refractivity contribution in [2.24, 2.45) is 0 Å². The molecule has 1 saturated heterocycles. The molecule has 0 bridgehead atoms. The van der Waals surface area contributed by atoms with Gasteiger partial charge in [0.2, 0.25) is 0 Å². The first-order valence-electron chi connectivity index (χ1n) is 4.43. The van der Waals surface area contributed by atoms with Crippen LogP contribution in [0.25, 0.3) is 0 Å². The topological polar surface area (TPSA) is 21.3 Å². The summed E-state index contributed by atoms with van der Waals surface area (Å²) < 4.78 is 5.37. The smallest absolute Gasteiger partial charge is 0.0662 e. The highest BCUT2D eigenvalue weighted by Gasteiger charge is 2.14. The van der Waals surface area contributed by atoms with Crippen LogP contribution in [0.1, 0.15) is 11.6 Å². The molecule has 1 fully saturated rings. The number of hydrogen-bond donors (Lipinski definition) is 1. The number of hydrogen-bond acceptors (Lipinski definition) is 2. The van der Waals surface area contributed by atoms with Crippen molar-refractivity contribution >= 4 is 24.0 Å². The van der Waals surface area contributed by atoms with Gasteiger partial charge in [0, 0.05) is 11.6 Å². The number of nitrogens with one attached hydrogen (secondary N) is 1. The van der Waals surface area contributed by atoms with Crippen LogP contribution in [0.2, 0.25) is 5.02 Å². The molecule has 0 radical (unpaired) electrons. The van der Waals surface area contributed by atoms with Gasteiger partial charge in [-0.25, -0.2) is 0 Å². The van der Waals surface area contributed by atoms with Crippen molar-refractivity contribution in [3.8, 4) is 0 Å². The van der Waals surface area contributed by atoms with Crippen LogP contribution in [0.15, 0.2) is 24.3 Å². The maximum atomic E-state index is 5.90. The molecule has 2 nitrogen and oxygen atoms in total. The number of halogens is 2. The molecular formula is C10H13Cl2NO. The van der Waals surface area contributed by atoms with Crippen molar-refractivity contribution < 1.29 is 4.74 Å². The molecule has 1 N–H and O–H groups in total. The van der Waals surface area contributed by atoms with E-state index in [2.05, 4.69) is 11.4 Å². The third kappa shape index (κ3) is 2.85. The Morgan fingerprint density at radius 3 is 2.93 bits per heavy atom. The Bertz CT molecular complexity index is 287. The summed E-state index contributed by atoms with van der Waals surface area (Å²) in [6.07, 6.45) is 0. The second kappa shape index (κ2) is 5.56. The average Bonchev–Trinajstić information content (AvgIpc) is 2.19. The summed E-state index contributed by atoms with van der Waals surface area (Å²) in [5, 5.41) is 4.16. The van der Waals surface area contributed by atoms with Gasteiger partial charge in [-0.05, 0) is 17.7 Å². The van der Waals surface area contributed by atoms with E-state index in [-0.39, 0.29) is 12.4 Å². The molecule has 0 amide bonds. The standard InChI is InChI=1S/C10H12ClNO.ClH/c11-9-3-1-2-8(6-9)10-7-13-5-4-12-10;/h1-3,6,10,12H,4-5,7H2;1H/t10-;/m0./s1. The number of benzene rings is 1. The maximum Gasteiger partial charge on any atom is 0.0662 e. The van der Waals surface area contributed by atoms with Gasteiger partial charge >= 0.3 is 0 Å². The fraction of sp³-hybridized carbons (Fsp3) is 0.400. The van der Waals surface area contributed by atoms with E-state index in [1.165, 1.54) is 5.56 Å². The van der Waals surface area contributed by atoms with Crippen LogP contribution in [-0.2, 0) is 4.74 Å². The van der Waals surface area contributed by atoms with Crippen molar-refractivity contribution in [3.63, 3.8) is 0 Å². The van der Waals surface area contributed by atoms with Gasteiger partial charge < -0.3 is 10.1 Å². The lowest BCUT2D eigenvalue weighted by Gasteiger charge is -2.24. The highest BCUT2D eigenvalue weighted by atomic mass is 35.5. The van der Waals surface area contributed by atoms with E-state index in [1.54, 1.807) is 0 Å². The van der Waals surface area contributed by atoms with Crippen LogP contribution in [0.3, 0.4) is 0 Å². The lowest BCUT2D eigenvalue weighted by molar-refractivity contribution is 0.0769. The van der Waals surface area contributed by atoms with Crippen molar-refractivity contribution in [2.45, 2.75) is 6.04 Å². The molecule has 0 saturated carbocycles. The summed E-state index contributed by atoms with van der Waals surface area (Å²) in [6.45, 7) is 2.45. The molecule has 0 unspecified atom stereocenters. The van der Waals surface area contributed by atoms with Gasteiger partial charge in [0.05, 0.1) is 19.3 Å². The van der Waals surface area contributed by atoms with Crippen LogP contribution in [0.4, 0.5) is 0 Å². The summed E-state index contributed by atoms with van der Waals surface area (Å²) in [5.74, 6) is 0. The Hall–Kier alpha value is -0.280. The first-order chi connectivity index (χ1) is 6.36. The third-order valence-corrected chi connectivity index (χ3v) is 2.41. The summed E-state index contributed by atoms with van der Waals surface area (Å²) in [4.78, 5) is 0. The van der Waals surface area contributed by atoms with Gasteiger partial charge in [0.25, 0.3) is 0 Å². The van der Waals surface area contributed by atoms with Gasteiger partial charge in [-0.3, -0.25) is 0 Å². The van der Waals surface area contributed by atoms with Crippen molar-refractivity contribution in [3.05, 3.63) is 34.9 Å². The molecule has 1 aromatic carbocycles. The Kier molecular flexibility index (Phi) is 4.69. The van der Waals surface area contributed by atoms with Gasteiger partial charge in [-0.15, -0.1) is 12.4 Å². The Labute approximate surface area is 95.0 Å². The zero-order chi connectivity index (χ0) is 9.10. The molecule has 14 heavy (non-hydrogen) atoms. The summed E-state index contributed by atoms with van der Waals surface area (Å²) in [7, 11) is 0. The highest BCUT2D eigenvalue weighted by Crippen LogP contribution is 2.19. The van der Waals surface area contributed by atoms with Crippen LogP contribution in [-0.4, -0.2) is 19.8 Å². The minimum atomic E-state index is 0. The van der Waals surface area contributed by atoms with E-state index >= 15 is 0 Å². The fourth-order valence-corrected chi connectivity index (χ4v) is 1.70. The number of ether oxygens (including phenoxy) is 1. The zero-order valence-electron chi connectivity index (χ0n) is 7.70. The van der Waals surface area contributed by atoms with Gasteiger partial charge in [0.1, 0.15) is 0 Å². The molecule has 1 heterocycles. The van der Waals surface area contributed by atoms with E-state index in [0.29, 0.717) is 6.04 Å². The normalized spacial score (nSPS) is 21.4. The van der Waals surface area contributed by atoms with Crippen LogP contribution >= 0.6 is 24.0 Å². The Morgan fingerprint density at radius 1 is 1.43 bits per heavy atom. The van der Waals surface area contributed by atoms with Gasteiger partial charge in [0.15, 0.2) is 0 Å². The highest BCUT2D eigenvalue weighted by molar-refractivity contribution is 6.30. The molecule has 1 aliphatic rings. The minimum absolute atomic E-state index is 0. The SMILES string of the molecule is Cl.Clc1cccc([C@@H]2COCCN2)c1. The van der Waals surface area contributed by atoms with E-state index < -0.39 is 0 Å². The van der Waals surface area contributed by atoms with Crippen LogP contribution in [0.5, 0.6) is 0 Å². The number of rotatable bonds is 1. The Morgan fingerprint density at radius 2 is 2.29 bits per heavy atom. The van der Waals surface area contributed by atoms with E-state index in [1.807, 2.05) is 18.2 Å². The number of morpholine rings is 1. The lowest BCUT2D eigenvalue weighted by atomic mass is 10.1. The fourth-order valence-electron chi connectivity index (χ4n) is 1.50. The predicted molar refractivity (Wildman–Crippen MR) is 60.3 cm³/mol. The van der Waals surface area contributed by atoms with Crippen molar-refractivity contribution in [2.75, 3.05) is 19.8 Å². The van der Waals surface area contributed by atoms with Crippen LogP contribution < -0.4 is 5.32 Å². The second-order valence-electron chi connectivity index (χ2n) is 3.14. The van der Waals surface area contributed by atoms with Gasteiger partial charge in [-0.2, -0.15) is 0 Å². The largest absolute Gasteiger partial charge is 0.378 e. The molecule has 1 aromatic rings. The molecule has 0 aromatic heterocycles. The van der Waals surface area contributed by atoms with E-state index in [9.17, 15) is 0 Å². The maximum absolute atomic E-state index is 5.90. The molecule has 0 spiro atoms.